The Hall–Kier alpha value is -2.11. The van der Waals surface area contributed by atoms with Crippen LogP contribution in [0.15, 0.2) is 24.3 Å². The Balaban J connectivity index is 1.77. The van der Waals surface area contributed by atoms with E-state index in [-0.39, 0.29) is 23.7 Å². The minimum absolute atomic E-state index is 0.120. The quantitative estimate of drug-likeness (QED) is 0.844. The van der Waals surface area contributed by atoms with E-state index in [0.717, 1.165) is 12.8 Å². The molecule has 2 N–H and O–H groups in total. The van der Waals surface area contributed by atoms with Gasteiger partial charge in [-0.1, -0.05) is 6.42 Å². The second-order valence-electron chi connectivity index (χ2n) is 6.03. The molecule has 23 heavy (non-hydrogen) atoms. The van der Waals surface area contributed by atoms with Crippen LogP contribution in [0.5, 0.6) is 5.75 Å². The predicted molar refractivity (Wildman–Crippen MR) is 82.6 cm³/mol. The van der Waals surface area contributed by atoms with Crippen LogP contribution in [0.2, 0.25) is 0 Å². The fourth-order valence-electron chi connectivity index (χ4n) is 2.83. The van der Waals surface area contributed by atoms with Crippen molar-refractivity contribution in [1.29, 1.82) is 0 Å². The number of halogens is 1. The normalized spacial score (nSPS) is 22.2. The number of carbonyl (C=O) groups excluding carboxylic acids is 1. The molecule has 2 rings (SSSR count). The van der Waals surface area contributed by atoms with Gasteiger partial charge in [0.25, 0.3) is 0 Å². The zero-order valence-corrected chi connectivity index (χ0v) is 13.1. The highest BCUT2D eigenvalue weighted by atomic mass is 19.1. The van der Waals surface area contributed by atoms with E-state index in [2.05, 4.69) is 5.32 Å². The number of carboxylic acids is 1. The Morgan fingerprint density at radius 3 is 2.61 bits per heavy atom. The molecule has 1 aliphatic carbocycles. The molecular weight excluding hydrogens is 301 g/mol. The molecule has 1 aliphatic rings. The number of carbonyl (C=O) groups is 2. The SMILES string of the molecule is CC(CNC(=O)C1CCCC(C(=O)O)C1)Oc1ccc(F)cc1. The Labute approximate surface area is 134 Å². The molecule has 1 saturated carbocycles. The third-order valence-electron chi connectivity index (χ3n) is 4.11. The second-order valence-corrected chi connectivity index (χ2v) is 6.03. The van der Waals surface area contributed by atoms with Crippen LogP contribution in [0.25, 0.3) is 0 Å². The maximum Gasteiger partial charge on any atom is 0.306 e. The van der Waals surface area contributed by atoms with E-state index in [0.29, 0.717) is 25.1 Å². The average molecular weight is 323 g/mol. The number of benzene rings is 1. The van der Waals surface area contributed by atoms with Gasteiger partial charge in [-0.05, 0) is 50.5 Å². The Morgan fingerprint density at radius 2 is 1.96 bits per heavy atom. The predicted octanol–water partition coefficient (Wildman–Crippen LogP) is 2.60. The zero-order chi connectivity index (χ0) is 16.8. The van der Waals surface area contributed by atoms with Gasteiger partial charge in [-0.3, -0.25) is 9.59 Å². The van der Waals surface area contributed by atoms with Gasteiger partial charge < -0.3 is 15.2 Å². The fraction of sp³-hybridized carbons (Fsp3) is 0.529. The Kier molecular flexibility index (Phi) is 5.96. The van der Waals surface area contributed by atoms with Gasteiger partial charge in [0.1, 0.15) is 17.7 Å². The maximum absolute atomic E-state index is 12.8. The second kappa shape index (κ2) is 7.94. The van der Waals surface area contributed by atoms with Gasteiger partial charge >= 0.3 is 5.97 Å². The number of hydrogen-bond donors (Lipinski definition) is 2. The summed E-state index contributed by atoms with van der Waals surface area (Å²) in [7, 11) is 0. The summed E-state index contributed by atoms with van der Waals surface area (Å²) in [6.07, 6.45) is 2.26. The van der Waals surface area contributed by atoms with Crippen LogP contribution in [0, 0.1) is 17.7 Å². The van der Waals surface area contributed by atoms with Crippen LogP contribution in [-0.4, -0.2) is 29.6 Å². The van der Waals surface area contributed by atoms with E-state index < -0.39 is 11.9 Å². The van der Waals surface area contributed by atoms with Crippen molar-refractivity contribution in [1.82, 2.24) is 5.32 Å². The number of aliphatic carboxylic acids is 1. The zero-order valence-electron chi connectivity index (χ0n) is 13.1. The van der Waals surface area contributed by atoms with Crippen LogP contribution in [0.4, 0.5) is 4.39 Å². The minimum Gasteiger partial charge on any atom is -0.489 e. The average Bonchev–Trinajstić information content (AvgIpc) is 2.55. The van der Waals surface area contributed by atoms with Crippen LogP contribution < -0.4 is 10.1 Å². The van der Waals surface area contributed by atoms with Crippen LogP contribution in [0.1, 0.15) is 32.6 Å². The lowest BCUT2D eigenvalue weighted by Crippen LogP contribution is -2.39. The largest absolute Gasteiger partial charge is 0.489 e. The lowest BCUT2D eigenvalue weighted by molar-refractivity contribution is -0.144. The van der Waals surface area contributed by atoms with Gasteiger partial charge in [-0.25, -0.2) is 4.39 Å². The fourth-order valence-corrected chi connectivity index (χ4v) is 2.83. The third kappa shape index (κ3) is 5.23. The van der Waals surface area contributed by atoms with Crippen molar-refractivity contribution >= 4 is 11.9 Å². The topological polar surface area (TPSA) is 75.6 Å². The molecule has 0 aromatic heterocycles. The van der Waals surface area contributed by atoms with Gasteiger partial charge in [0.05, 0.1) is 12.5 Å². The monoisotopic (exact) mass is 323 g/mol. The standard InChI is InChI=1S/C17H22FNO4/c1-11(23-15-7-5-14(18)6-8-15)10-19-16(20)12-3-2-4-13(9-12)17(21)22/h5-8,11-13H,2-4,9-10H2,1H3,(H,19,20)(H,21,22). The van der Waals surface area contributed by atoms with Crippen molar-refractivity contribution in [3.63, 3.8) is 0 Å². The summed E-state index contributed by atoms with van der Waals surface area (Å²) in [5.41, 5.74) is 0. The molecular formula is C17H22FNO4. The molecule has 0 spiro atoms. The highest BCUT2D eigenvalue weighted by Gasteiger charge is 2.30. The summed E-state index contributed by atoms with van der Waals surface area (Å²) in [6.45, 7) is 2.13. The molecule has 1 aromatic carbocycles. The first kappa shape index (κ1) is 17.2. The number of carboxylic acid groups (broad SMARTS) is 1. The van der Waals surface area contributed by atoms with Gasteiger partial charge in [-0.15, -0.1) is 0 Å². The van der Waals surface area contributed by atoms with Crippen LogP contribution >= 0.6 is 0 Å². The number of amides is 1. The van der Waals surface area contributed by atoms with Gasteiger partial charge in [0.15, 0.2) is 0 Å². The van der Waals surface area contributed by atoms with Crippen molar-refractivity contribution in [2.45, 2.75) is 38.7 Å². The summed E-state index contributed by atoms with van der Waals surface area (Å²) in [6, 6.07) is 5.70. The first-order chi connectivity index (χ1) is 11.0. The van der Waals surface area contributed by atoms with Crippen molar-refractivity contribution in [3.8, 4) is 5.75 Å². The van der Waals surface area contributed by atoms with Crippen LogP contribution in [0.3, 0.4) is 0 Å². The molecule has 3 unspecified atom stereocenters. The maximum atomic E-state index is 12.8. The van der Waals surface area contributed by atoms with Crippen molar-refractivity contribution in [2.75, 3.05) is 6.54 Å². The number of nitrogens with one attached hydrogen (secondary N) is 1. The number of ether oxygens (including phenoxy) is 1. The molecule has 0 aliphatic heterocycles. The molecule has 1 amide bonds. The highest BCUT2D eigenvalue weighted by Crippen LogP contribution is 2.29. The molecule has 6 heteroatoms. The lowest BCUT2D eigenvalue weighted by atomic mass is 9.81. The molecule has 0 bridgehead atoms. The van der Waals surface area contributed by atoms with Gasteiger partial charge in [0.2, 0.25) is 5.91 Å². The lowest BCUT2D eigenvalue weighted by Gasteiger charge is -2.26. The molecule has 5 nitrogen and oxygen atoms in total. The summed E-state index contributed by atoms with van der Waals surface area (Å²) < 4.78 is 18.4. The first-order valence-electron chi connectivity index (χ1n) is 7.88. The first-order valence-corrected chi connectivity index (χ1v) is 7.88. The summed E-state index contributed by atoms with van der Waals surface area (Å²) in [5, 5.41) is 11.9. The summed E-state index contributed by atoms with van der Waals surface area (Å²) >= 11 is 0. The molecule has 126 valence electrons. The van der Waals surface area contributed by atoms with E-state index in [9.17, 15) is 14.0 Å². The van der Waals surface area contributed by atoms with Gasteiger partial charge in [0, 0.05) is 5.92 Å². The summed E-state index contributed by atoms with van der Waals surface area (Å²) in [4.78, 5) is 23.2. The minimum atomic E-state index is -0.824. The van der Waals surface area contributed by atoms with E-state index in [1.807, 2.05) is 6.92 Å². The number of hydrogen-bond acceptors (Lipinski definition) is 3. The van der Waals surface area contributed by atoms with E-state index >= 15 is 0 Å². The van der Waals surface area contributed by atoms with Crippen molar-refractivity contribution in [3.05, 3.63) is 30.1 Å². The van der Waals surface area contributed by atoms with Gasteiger partial charge in [-0.2, -0.15) is 0 Å². The smallest absolute Gasteiger partial charge is 0.306 e. The highest BCUT2D eigenvalue weighted by molar-refractivity contribution is 5.80. The molecule has 1 fully saturated rings. The molecule has 0 saturated heterocycles. The van der Waals surface area contributed by atoms with Crippen molar-refractivity contribution in [2.24, 2.45) is 11.8 Å². The van der Waals surface area contributed by atoms with E-state index in [4.69, 9.17) is 9.84 Å². The molecule has 0 radical (unpaired) electrons. The molecule has 1 aromatic rings. The summed E-state index contributed by atoms with van der Waals surface area (Å²) in [5.74, 6) is -1.41. The Bertz CT molecular complexity index is 546. The molecule has 3 atom stereocenters. The van der Waals surface area contributed by atoms with Crippen LogP contribution in [-0.2, 0) is 9.59 Å². The van der Waals surface area contributed by atoms with E-state index in [1.165, 1.54) is 24.3 Å². The third-order valence-corrected chi connectivity index (χ3v) is 4.11. The number of rotatable bonds is 6. The Morgan fingerprint density at radius 1 is 1.30 bits per heavy atom. The van der Waals surface area contributed by atoms with Crippen molar-refractivity contribution < 1.29 is 23.8 Å². The molecule has 0 heterocycles. The van der Waals surface area contributed by atoms with E-state index in [1.54, 1.807) is 0 Å².